The zero-order valence-electron chi connectivity index (χ0n) is 7.60. The van der Waals surface area contributed by atoms with Gasteiger partial charge in [0, 0.05) is 13.0 Å². The Morgan fingerprint density at radius 2 is 2.38 bits per heavy atom. The highest BCUT2D eigenvalue weighted by atomic mass is 16.5. The van der Waals surface area contributed by atoms with E-state index in [0.717, 1.165) is 12.8 Å². The Morgan fingerprint density at radius 3 is 3.00 bits per heavy atom. The molecular weight excluding hydrogens is 170 g/mol. The summed E-state index contributed by atoms with van der Waals surface area (Å²) >= 11 is 0. The highest BCUT2D eigenvalue weighted by molar-refractivity contribution is 5.87. The average Bonchev–Trinajstić information content (AvgIpc) is 2.54. The Bertz CT molecular complexity index is 225. The maximum atomic E-state index is 11.4. The molecule has 13 heavy (non-hydrogen) atoms. The Hall–Kier alpha value is -1.32. The molecule has 72 valence electrons. The molecule has 1 saturated heterocycles. The van der Waals surface area contributed by atoms with E-state index in [4.69, 9.17) is 4.74 Å². The Kier molecular flexibility index (Phi) is 3.49. The number of carbonyl (C=O) groups excluding carboxylic acids is 2. The van der Waals surface area contributed by atoms with Crippen molar-refractivity contribution >= 4 is 12.4 Å². The molecule has 0 N–H and O–H groups in total. The van der Waals surface area contributed by atoms with Gasteiger partial charge in [0.15, 0.2) is 6.23 Å². The first-order chi connectivity index (χ1) is 6.29. The van der Waals surface area contributed by atoms with Crippen LogP contribution in [0.25, 0.3) is 0 Å². The van der Waals surface area contributed by atoms with E-state index in [2.05, 4.69) is 0 Å². The van der Waals surface area contributed by atoms with Gasteiger partial charge >= 0.3 is 0 Å². The molecule has 1 aliphatic heterocycles. The smallest absolute Gasteiger partial charge is 0.295 e. The van der Waals surface area contributed by atoms with Crippen LogP contribution >= 0.6 is 0 Å². The molecule has 4 heteroatoms. The van der Waals surface area contributed by atoms with E-state index in [-0.39, 0.29) is 12.1 Å². The second kappa shape index (κ2) is 4.64. The summed E-state index contributed by atoms with van der Waals surface area (Å²) in [7, 11) is 0. The summed E-state index contributed by atoms with van der Waals surface area (Å²) in [6.07, 6.45) is 4.43. The molecule has 0 spiro atoms. The summed E-state index contributed by atoms with van der Waals surface area (Å²) < 4.78 is 4.77. The molecule has 0 aromatic carbocycles. The minimum absolute atomic E-state index is 0.0909. The third kappa shape index (κ3) is 2.31. The highest BCUT2D eigenvalue weighted by Crippen LogP contribution is 2.17. The molecule has 1 heterocycles. The van der Waals surface area contributed by atoms with E-state index in [1.165, 1.54) is 6.08 Å². The number of likely N-dealkylation sites (tertiary alicyclic amines) is 1. The number of nitrogens with zero attached hydrogens (tertiary/aromatic N) is 1. The van der Waals surface area contributed by atoms with Crippen LogP contribution in [0, 0.1) is 0 Å². The molecular formula is C9H13NO3. The second-order valence-electron chi connectivity index (χ2n) is 2.86. The minimum atomic E-state index is -0.360. The molecule has 0 bridgehead atoms. The highest BCUT2D eigenvalue weighted by Gasteiger charge is 2.28. The summed E-state index contributed by atoms with van der Waals surface area (Å²) in [4.78, 5) is 23.0. The van der Waals surface area contributed by atoms with Gasteiger partial charge in [-0.1, -0.05) is 6.08 Å². The van der Waals surface area contributed by atoms with Gasteiger partial charge in [-0.25, -0.2) is 0 Å². The van der Waals surface area contributed by atoms with Crippen LogP contribution < -0.4 is 0 Å². The van der Waals surface area contributed by atoms with Crippen LogP contribution in [0.4, 0.5) is 0 Å². The first kappa shape index (κ1) is 9.77. The SMILES string of the molecule is C/C=C/C(=O)N1CCCC1OC=O. The molecule has 1 fully saturated rings. The fourth-order valence-corrected chi connectivity index (χ4v) is 1.43. The van der Waals surface area contributed by atoms with Crippen molar-refractivity contribution in [2.24, 2.45) is 0 Å². The van der Waals surface area contributed by atoms with E-state index >= 15 is 0 Å². The van der Waals surface area contributed by atoms with Crippen LogP contribution in [-0.2, 0) is 14.3 Å². The molecule has 4 nitrogen and oxygen atoms in total. The predicted octanol–water partition coefficient (Wildman–Crippen LogP) is 0.684. The normalized spacial score (nSPS) is 22.2. The predicted molar refractivity (Wildman–Crippen MR) is 46.7 cm³/mol. The lowest BCUT2D eigenvalue weighted by molar-refractivity contribution is -0.147. The van der Waals surface area contributed by atoms with Gasteiger partial charge < -0.3 is 9.64 Å². The van der Waals surface area contributed by atoms with E-state index < -0.39 is 0 Å². The maximum absolute atomic E-state index is 11.4. The number of rotatable bonds is 3. The van der Waals surface area contributed by atoms with E-state index in [9.17, 15) is 9.59 Å². The number of allylic oxidation sites excluding steroid dienone is 1. The first-order valence-corrected chi connectivity index (χ1v) is 4.32. The van der Waals surface area contributed by atoms with Gasteiger partial charge in [-0.15, -0.1) is 0 Å². The van der Waals surface area contributed by atoms with Gasteiger partial charge in [0.25, 0.3) is 6.47 Å². The Balaban J connectivity index is 2.56. The molecule has 0 radical (unpaired) electrons. The zero-order chi connectivity index (χ0) is 9.68. The van der Waals surface area contributed by atoms with Gasteiger partial charge in [0.2, 0.25) is 5.91 Å². The van der Waals surface area contributed by atoms with E-state index in [1.807, 2.05) is 0 Å². The topological polar surface area (TPSA) is 46.6 Å². The summed E-state index contributed by atoms with van der Waals surface area (Å²) in [6.45, 7) is 2.84. The monoisotopic (exact) mass is 183 g/mol. The Morgan fingerprint density at radius 1 is 1.62 bits per heavy atom. The zero-order valence-corrected chi connectivity index (χ0v) is 7.60. The lowest BCUT2D eigenvalue weighted by Crippen LogP contribution is -2.35. The fourth-order valence-electron chi connectivity index (χ4n) is 1.43. The second-order valence-corrected chi connectivity index (χ2v) is 2.86. The molecule has 1 amide bonds. The van der Waals surface area contributed by atoms with Crippen LogP contribution in [0.2, 0.25) is 0 Å². The van der Waals surface area contributed by atoms with Crippen molar-refractivity contribution in [3.8, 4) is 0 Å². The van der Waals surface area contributed by atoms with E-state index in [0.29, 0.717) is 13.0 Å². The lowest BCUT2D eigenvalue weighted by Gasteiger charge is -2.21. The lowest BCUT2D eigenvalue weighted by atomic mass is 10.4. The third-order valence-electron chi connectivity index (χ3n) is 2.00. The van der Waals surface area contributed by atoms with Gasteiger partial charge in [-0.2, -0.15) is 0 Å². The largest absolute Gasteiger partial charge is 0.444 e. The van der Waals surface area contributed by atoms with Crippen LogP contribution in [0.1, 0.15) is 19.8 Å². The van der Waals surface area contributed by atoms with Gasteiger partial charge in [-0.3, -0.25) is 9.59 Å². The molecule has 0 saturated carbocycles. The van der Waals surface area contributed by atoms with Crippen molar-refractivity contribution in [3.05, 3.63) is 12.2 Å². The minimum Gasteiger partial charge on any atom is -0.444 e. The third-order valence-corrected chi connectivity index (χ3v) is 2.00. The van der Waals surface area contributed by atoms with Gasteiger partial charge in [0.1, 0.15) is 0 Å². The molecule has 1 atom stereocenters. The van der Waals surface area contributed by atoms with Crippen LogP contribution in [0.3, 0.4) is 0 Å². The average molecular weight is 183 g/mol. The molecule has 1 rings (SSSR count). The van der Waals surface area contributed by atoms with Crippen LogP contribution in [-0.4, -0.2) is 30.1 Å². The summed E-state index contributed by atoms with van der Waals surface area (Å²) in [6, 6.07) is 0. The van der Waals surface area contributed by atoms with Gasteiger partial charge in [0.05, 0.1) is 0 Å². The quantitative estimate of drug-likeness (QED) is 0.477. The summed E-state index contributed by atoms with van der Waals surface area (Å²) in [5, 5.41) is 0. The number of carbonyl (C=O) groups is 2. The molecule has 0 aliphatic carbocycles. The van der Waals surface area contributed by atoms with Crippen LogP contribution in [0.15, 0.2) is 12.2 Å². The Labute approximate surface area is 77.2 Å². The van der Waals surface area contributed by atoms with Crippen molar-refractivity contribution in [1.82, 2.24) is 4.90 Å². The standard InChI is InChI=1S/C9H13NO3/c1-2-4-8(12)10-6-3-5-9(10)13-7-11/h2,4,7,9H,3,5-6H2,1H3/b4-2+. The summed E-state index contributed by atoms with van der Waals surface area (Å²) in [5.41, 5.74) is 0. The van der Waals surface area contributed by atoms with Crippen molar-refractivity contribution < 1.29 is 14.3 Å². The maximum Gasteiger partial charge on any atom is 0.295 e. The van der Waals surface area contributed by atoms with Crippen LogP contribution in [0.5, 0.6) is 0 Å². The molecule has 1 unspecified atom stereocenters. The van der Waals surface area contributed by atoms with Crippen molar-refractivity contribution in [1.29, 1.82) is 0 Å². The number of ether oxygens (including phenoxy) is 1. The fraction of sp³-hybridized carbons (Fsp3) is 0.556. The van der Waals surface area contributed by atoms with Crippen molar-refractivity contribution in [2.45, 2.75) is 26.0 Å². The molecule has 1 aliphatic rings. The number of hydrogen-bond donors (Lipinski definition) is 0. The van der Waals surface area contributed by atoms with Crippen molar-refractivity contribution in [3.63, 3.8) is 0 Å². The van der Waals surface area contributed by atoms with Crippen molar-refractivity contribution in [2.75, 3.05) is 6.54 Å². The first-order valence-electron chi connectivity index (χ1n) is 4.32. The summed E-state index contributed by atoms with van der Waals surface area (Å²) in [5.74, 6) is -0.0909. The molecule has 0 aromatic heterocycles. The number of hydrogen-bond acceptors (Lipinski definition) is 3. The van der Waals surface area contributed by atoms with Gasteiger partial charge in [-0.05, 0) is 19.4 Å². The molecule has 0 aromatic rings. The number of amides is 1. The van der Waals surface area contributed by atoms with E-state index in [1.54, 1.807) is 17.9 Å².